The van der Waals surface area contributed by atoms with Crippen molar-refractivity contribution in [3.8, 4) is 0 Å². The minimum Gasteiger partial charge on any atom is -0.353 e. The lowest BCUT2D eigenvalue weighted by molar-refractivity contribution is 0.552. The van der Waals surface area contributed by atoms with Crippen LogP contribution in [-0.4, -0.2) is 24.6 Å². The first-order valence-electron chi connectivity index (χ1n) is 5.30. The molecule has 0 aliphatic heterocycles. The van der Waals surface area contributed by atoms with Crippen LogP contribution in [0.3, 0.4) is 0 Å². The first-order chi connectivity index (χ1) is 7.54. The molecule has 90 valence electrons. The zero-order valence-corrected chi connectivity index (χ0v) is 9.58. The molecule has 5 heteroatoms. The van der Waals surface area contributed by atoms with Gasteiger partial charge in [0.1, 0.15) is 5.82 Å². The summed E-state index contributed by atoms with van der Waals surface area (Å²) >= 11 is 0. The molecule has 0 saturated heterocycles. The van der Waals surface area contributed by atoms with Crippen molar-refractivity contribution >= 4 is 5.82 Å². The fraction of sp³-hybridized carbons (Fsp3) is 0.545. The highest BCUT2D eigenvalue weighted by Gasteiger charge is 2.14. The average Bonchev–Trinajstić information content (AvgIpc) is 2.16. The van der Waals surface area contributed by atoms with Crippen LogP contribution >= 0.6 is 0 Å². The normalized spacial score (nSPS) is 10.9. The number of hydrogen-bond donors (Lipinski definition) is 1. The second-order valence-corrected chi connectivity index (χ2v) is 4.09. The second kappa shape index (κ2) is 5.75. The third-order valence-electron chi connectivity index (χ3n) is 2.07. The van der Waals surface area contributed by atoms with Crippen molar-refractivity contribution < 1.29 is 8.78 Å². The predicted octanol–water partition coefficient (Wildman–Crippen LogP) is 1.78. The first-order valence-corrected chi connectivity index (χ1v) is 5.30. The maximum Gasteiger partial charge on any atom is 0.168 e. The summed E-state index contributed by atoms with van der Waals surface area (Å²) in [6, 6.07) is 0.839. The van der Waals surface area contributed by atoms with Crippen LogP contribution in [0.2, 0.25) is 0 Å². The van der Waals surface area contributed by atoms with Crippen molar-refractivity contribution in [2.24, 2.45) is 11.7 Å². The molecule has 3 nitrogen and oxygen atoms in total. The van der Waals surface area contributed by atoms with Crippen LogP contribution in [0.25, 0.3) is 0 Å². The van der Waals surface area contributed by atoms with Crippen LogP contribution in [0.4, 0.5) is 14.6 Å². The highest BCUT2D eigenvalue weighted by molar-refractivity contribution is 5.39. The van der Waals surface area contributed by atoms with Gasteiger partial charge in [-0.1, -0.05) is 13.8 Å². The van der Waals surface area contributed by atoms with Gasteiger partial charge >= 0.3 is 0 Å². The molecule has 0 aliphatic carbocycles. The summed E-state index contributed by atoms with van der Waals surface area (Å²) in [5.41, 5.74) is 5.46. The van der Waals surface area contributed by atoms with Crippen LogP contribution in [0.1, 0.15) is 13.8 Å². The number of rotatable bonds is 5. The Bertz CT molecular complexity index is 342. The Balaban J connectivity index is 2.91. The highest BCUT2D eigenvalue weighted by atomic mass is 19.1. The topological polar surface area (TPSA) is 42.1 Å². The van der Waals surface area contributed by atoms with Gasteiger partial charge in [0, 0.05) is 25.7 Å². The Morgan fingerprint density at radius 1 is 1.44 bits per heavy atom. The van der Waals surface area contributed by atoms with Crippen molar-refractivity contribution in [2.45, 2.75) is 13.8 Å². The van der Waals surface area contributed by atoms with E-state index in [1.54, 1.807) is 4.90 Å². The molecule has 1 rings (SSSR count). The van der Waals surface area contributed by atoms with Crippen molar-refractivity contribution in [3.05, 3.63) is 23.9 Å². The standard InChI is InChI=1S/C11H17F2N3/c1-8(2)7-16(4-3-14)11-10(13)5-9(12)6-15-11/h5-6,8H,3-4,7,14H2,1-2H3. The molecule has 0 fully saturated rings. The number of aromatic nitrogens is 1. The summed E-state index contributed by atoms with van der Waals surface area (Å²) in [6.07, 6.45) is 1.02. The zero-order chi connectivity index (χ0) is 12.1. The van der Waals surface area contributed by atoms with E-state index in [0.717, 1.165) is 12.3 Å². The van der Waals surface area contributed by atoms with Gasteiger partial charge in [0.2, 0.25) is 0 Å². The molecule has 0 aliphatic rings. The molecular formula is C11H17F2N3. The number of pyridine rings is 1. The summed E-state index contributed by atoms with van der Waals surface area (Å²) in [6.45, 7) is 5.60. The molecule has 0 saturated carbocycles. The minimum absolute atomic E-state index is 0.167. The van der Waals surface area contributed by atoms with Gasteiger partial charge in [-0.05, 0) is 5.92 Å². The second-order valence-electron chi connectivity index (χ2n) is 4.09. The van der Waals surface area contributed by atoms with Crippen molar-refractivity contribution in [3.63, 3.8) is 0 Å². The molecule has 1 aromatic heterocycles. The number of nitrogens with zero attached hydrogens (tertiary/aromatic N) is 2. The number of halogens is 2. The summed E-state index contributed by atoms with van der Waals surface area (Å²) in [5, 5.41) is 0. The van der Waals surface area contributed by atoms with Crippen molar-refractivity contribution in [1.29, 1.82) is 0 Å². The van der Waals surface area contributed by atoms with Gasteiger partial charge in [0.25, 0.3) is 0 Å². The third kappa shape index (κ3) is 3.41. The first kappa shape index (κ1) is 12.8. The largest absolute Gasteiger partial charge is 0.353 e. The summed E-state index contributed by atoms with van der Waals surface area (Å²) in [5.74, 6) is -0.786. The van der Waals surface area contributed by atoms with Crippen molar-refractivity contribution in [2.75, 3.05) is 24.5 Å². The molecule has 0 aromatic carbocycles. The molecule has 0 bridgehead atoms. The Morgan fingerprint density at radius 2 is 2.12 bits per heavy atom. The molecule has 2 N–H and O–H groups in total. The van der Waals surface area contributed by atoms with E-state index in [9.17, 15) is 8.78 Å². The van der Waals surface area contributed by atoms with Crippen LogP contribution in [0.5, 0.6) is 0 Å². The monoisotopic (exact) mass is 229 g/mol. The smallest absolute Gasteiger partial charge is 0.168 e. The van der Waals surface area contributed by atoms with Gasteiger partial charge < -0.3 is 10.6 Å². The summed E-state index contributed by atoms with van der Waals surface area (Å²) in [4.78, 5) is 5.51. The van der Waals surface area contributed by atoms with E-state index >= 15 is 0 Å². The van der Waals surface area contributed by atoms with E-state index < -0.39 is 11.6 Å². The van der Waals surface area contributed by atoms with Gasteiger partial charge in [-0.15, -0.1) is 0 Å². The zero-order valence-electron chi connectivity index (χ0n) is 9.58. The lowest BCUT2D eigenvalue weighted by Gasteiger charge is -2.25. The maximum atomic E-state index is 13.5. The molecular weight excluding hydrogens is 212 g/mol. The predicted molar refractivity (Wildman–Crippen MR) is 60.3 cm³/mol. The Kier molecular flexibility index (Phi) is 4.61. The Morgan fingerprint density at radius 3 is 2.62 bits per heavy atom. The molecule has 0 spiro atoms. The maximum absolute atomic E-state index is 13.5. The van der Waals surface area contributed by atoms with Crippen LogP contribution < -0.4 is 10.6 Å². The molecule has 1 heterocycles. The van der Waals surface area contributed by atoms with E-state index in [1.165, 1.54) is 0 Å². The van der Waals surface area contributed by atoms with E-state index in [2.05, 4.69) is 4.98 Å². The van der Waals surface area contributed by atoms with Gasteiger partial charge in [0.15, 0.2) is 11.6 Å². The van der Waals surface area contributed by atoms with E-state index in [4.69, 9.17) is 5.73 Å². The van der Waals surface area contributed by atoms with Gasteiger partial charge in [-0.3, -0.25) is 0 Å². The molecule has 16 heavy (non-hydrogen) atoms. The molecule has 0 unspecified atom stereocenters. The van der Waals surface area contributed by atoms with E-state index in [0.29, 0.717) is 25.6 Å². The average molecular weight is 229 g/mol. The van der Waals surface area contributed by atoms with Crippen LogP contribution in [0.15, 0.2) is 12.3 Å². The quantitative estimate of drug-likeness (QED) is 0.836. The van der Waals surface area contributed by atoms with Gasteiger partial charge in [-0.2, -0.15) is 0 Å². The Labute approximate surface area is 94.3 Å². The fourth-order valence-electron chi connectivity index (χ4n) is 1.52. The van der Waals surface area contributed by atoms with Gasteiger partial charge in [0.05, 0.1) is 6.20 Å². The highest BCUT2D eigenvalue weighted by Crippen LogP contribution is 2.17. The Hall–Kier alpha value is -1.23. The molecule has 0 atom stereocenters. The van der Waals surface area contributed by atoms with E-state index in [-0.39, 0.29) is 5.82 Å². The summed E-state index contributed by atoms with van der Waals surface area (Å²) in [7, 11) is 0. The molecule has 0 radical (unpaired) electrons. The third-order valence-corrected chi connectivity index (χ3v) is 2.07. The SMILES string of the molecule is CC(C)CN(CCN)c1ncc(F)cc1F. The lowest BCUT2D eigenvalue weighted by Crippen LogP contribution is -2.34. The lowest BCUT2D eigenvalue weighted by atomic mass is 10.2. The van der Waals surface area contributed by atoms with E-state index in [1.807, 2.05) is 13.8 Å². The van der Waals surface area contributed by atoms with Crippen LogP contribution in [-0.2, 0) is 0 Å². The van der Waals surface area contributed by atoms with Crippen LogP contribution in [0, 0.1) is 17.6 Å². The minimum atomic E-state index is -0.668. The summed E-state index contributed by atoms with van der Waals surface area (Å²) < 4.78 is 26.2. The van der Waals surface area contributed by atoms with Crippen molar-refractivity contribution in [1.82, 2.24) is 4.98 Å². The van der Waals surface area contributed by atoms with Gasteiger partial charge in [-0.25, -0.2) is 13.8 Å². The fourth-order valence-corrected chi connectivity index (χ4v) is 1.52. The molecule has 1 aromatic rings. The number of anilines is 1. The number of nitrogens with two attached hydrogens (primary N) is 1. The molecule has 0 amide bonds. The number of hydrogen-bond acceptors (Lipinski definition) is 3.